The highest BCUT2D eigenvalue weighted by Gasteiger charge is 2.21. The number of para-hydroxylation sites is 1. The van der Waals surface area contributed by atoms with Gasteiger partial charge in [-0.2, -0.15) is 0 Å². The summed E-state index contributed by atoms with van der Waals surface area (Å²) in [5.41, 5.74) is 7.19. The summed E-state index contributed by atoms with van der Waals surface area (Å²) in [7, 11) is 1.75. The van der Waals surface area contributed by atoms with Crippen molar-refractivity contribution in [2.75, 3.05) is 20.2 Å². The smallest absolute Gasteiger partial charge is 0.312 e. The van der Waals surface area contributed by atoms with Crippen molar-refractivity contribution in [3.63, 3.8) is 0 Å². The van der Waals surface area contributed by atoms with Gasteiger partial charge in [0.1, 0.15) is 5.75 Å². The molecule has 27 heavy (non-hydrogen) atoms. The molecular formula is C21H27N3O3. The highest BCUT2D eigenvalue weighted by atomic mass is 16.5. The van der Waals surface area contributed by atoms with Gasteiger partial charge >= 0.3 is 6.03 Å². The number of hydrogen-bond acceptors (Lipinski definition) is 3. The molecule has 0 aliphatic rings. The van der Waals surface area contributed by atoms with E-state index >= 15 is 0 Å². The number of hydrogen-bond donors (Lipinski definition) is 2. The van der Waals surface area contributed by atoms with Crippen LogP contribution in [0.2, 0.25) is 0 Å². The van der Waals surface area contributed by atoms with E-state index in [1.807, 2.05) is 61.5 Å². The Hall–Kier alpha value is -3.02. The molecule has 0 radical (unpaired) electrons. The number of nitrogens with zero attached hydrogens (tertiary/aromatic N) is 1. The molecule has 1 atom stereocenters. The summed E-state index contributed by atoms with van der Waals surface area (Å²) in [6.07, 6.45) is 0.874. The van der Waals surface area contributed by atoms with Crippen molar-refractivity contribution in [2.45, 2.75) is 25.8 Å². The molecule has 0 aliphatic heterocycles. The van der Waals surface area contributed by atoms with Crippen molar-refractivity contribution in [3.05, 3.63) is 65.7 Å². The van der Waals surface area contributed by atoms with Gasteiger partial charge in [0.2, 0.25) is 5.91 Å². The van der Waals surface area contributed by atoms with Crippen molar-refractivity contribution in [1.29, 1.82) is 0 Å². The van der Waals surface area contributed by atoms with Gasteiger partial charge in [-0.3, -0.25) is 4.79 Å². The van der Waals surface area contributed by atoms with Crippen molar-refractivity contribution in [3.8, 4) is 5.75 Å². The summed E-state index contributed by atoms with van der Waals surface area (Å²) in [5.74, 6) is 0.758. The van der Waals surface area contributed by atoms with Crippen LogP contribution < -0.4 is 15.8 Å². The number of nitrogens with two attached hydrogens (primary N) is 1. The SMILES string of the molecule is Cc1ccccc1C(CC(=O)N(C)CCCOc1ccccc1)NC(N)=O. The summed E-state index contributed by atoms with van der Waals surface area (Å²) in [4.78, 5) is 25.6. The lowest BCUT2D eigenvalue weighted by Gasteiger charge is -2.23. The minimum absolute atomic E-state index is 0.0586. The number of carbonyl (C=O) groups is 2. The largest absolute Gasteiger partial charge is 0.494 e. The van der Waals surface area contributed by atoms with Gasteiger partial charge in [0, 0.05) is 13.6 Å². The number of amides is 3. The van der Waals surface area contributed by atoms with E-state index in [1.165, 1.54) is 0 Å². The molecule has 3 amide bonds. The van der Waals surface area contributed by atoms with Gasteiger partial charge in [-0.1, -0.05) is 42.5 Å². The average molecular weight is 369 g/mol. The Kier molecular flexibility index (Phi) is 7.67. The fourth-order valence-electron chi connectivity index (χ4n) is 2.85. The topological polar surface area (TPSA) is 84.7 Å². The molecule has 2 rings (SSSR count). The lowest BCUT2D eigenvalue weighted by molar-refractivity contribution is -0.130. The zero-order chi connectivity index (χ0) is 19.6. The Morgan fingerprint density at radius 3 is 2.44 bits per heavy atom. The fourth-order valence-corrected chi connectivity index (χ4v) is 2.85. The number of nitrogens with one attached hydrogen (secondary N) is 1. The molecule has 0 fully saturated rings. The zero-order valence-corrected chi connectivity index (χ0v) is 15.9. The van der Waals surface area contributed by atoms with Crippen LogP contribution in [0.3, 0.4) is 0 Å². The normalized spacial score (nSPS) is 11.5. The summed E-state index contributed by atoms with van der Waals surface area (Å²) >= 11 is 0. The van der Waals surface area contributed by atoms with Crippen LogP contribution >= 0.6 is 0 Å². The highest BCUT2D eigenvalue weighted by Crippen LogP contribution is 2.21. The maximum Gasteiger partial charge on any atom is 0.312 e. The Balaban J connectivity index is 1.86. The fraction of sp³-hybridized carbons (Fsp3) is 0.333. The van der Waals surface area contributed by atoms with Crippen molar-refractivity contribution in [2.24, 2.45) is 5.73 Å². The molecule has 0 spiro atoms. The second kappa shape index (κ2) is 10.2. The Morgan fingerprint density at radius 2 is 1.78 bits per heavy atom. The summed E-state index contributed by atoms with van der Waals surface area (Å²) in [5, 5.41) is 2.68. The number of aryl methyl sites for hydroxylation is 1. The molecule has 6 heteroatoms. The summed E-state index contributed by atoms with van der Waals surface area (Å²) in [6, 6.07) is 16.1. The van der Waals surface area contributed by atoms with E-state index in [0.717, 1.165) is 23.3 Å². The van der Waals surface area contributed by atoms with Crippen LogP contribution in [-0.4, -0.2) is 37.0 Å². The molecule has 0 aliphatic carbocycles. The molecule has 2 aromatic rings. The monoisotopic (exact) mass is 369 g/mol. The molecule has 0 saturated heterocycles. The van der Waals surface area contributed by atoms with Gasteiger partial charge in [0.15, 0.2) is 0 Å². The minimum atomic E-state index is -0.644. The zero-order valence-electron chi connectivity index (χ0n) is 15.9. The number of benzene rings is 2. The van der Waals surface area contributed by atoms with Crippen LogP contribution in [0, 0.1) is 6.92 Å². The van der Waals surface area contributed by atoms with Crippen molar-refractivity contribution < 1.29 is 14.3 Å². The second-order valence-corrected chi connectivity index (χ2v) is 6.45. The average Bonchev–Trinajstić information content (AvgIpc) is 2.65. The Morgan fingerprint density at radius 1 is 1.11 bits per heavy atom. The third-order valence-corrected chi connectivity index (χ3v) is 4.33. The van der Waals surface area contributed by atoms with Crippen LogP contribution in [0.1, 0.15) is 30.0 Å². The van der Waals surface area contributed by atoms with Crippen LogP contribution in [0.15, 0.2) is 54.6 Å². The molecule has 144 valence electrons. The third-order valence-electron chi connectivity index (χ3n) is 4.33. The molecule has 3 N–H and O–H groups in total. The van der Waals surface area contributed by atoms with Crippen LogP contribution in [0.25, 0.3) is 0 Å². The lowest BCUT2D eigenvalue weighted by atomic mass is 9.98. The number of rotatable bonds is 9. The number of urea groups is 1. The third kappa shape index (κ3) is 6.66. The van der Waals surface area contributed by atoms with Gasteiger partial charge in [0.05, 0.1) is 19.1 Å². The molecule has 2 aromatic carbocycles. The van der Waals surface area contributed by atoms with Crippen LogP contribution in [0.4, 0.5) is 4.79 Å². The molecule has 1 unspecified atom stereocenters. The van der Waals surface area contributed by atoms with E-state index in [2.05, 4.69) is 5.32 Å². The van der Waals surface area contributed by atoms with E-state index in [-0.39, 0.29) is 12.3 Å². The maximum atomic E-state index is 12.6. The standard InChI is InChI=1S/C21H27N3O3/c1-16-9-6-7-12-18(16)19(23-21(22)26)15-20(25)24(2)13-8-14-27-17-10-4-3-5-11-17/h3-7,9-12,19H,8,13-15H2,1-2H3,(H3,22,23,26). The van der Waals surface area contributed by atoms with Gasteiger partial charge in [0.25, 0.3) is 0 Å². The predicted molar refractivity (Wildman–Crippen MR) is 105 cm³/mol. The summed E-state index contributed by atoms with van der Waals surface area (Å²) < 4.78 is 5.64. The first-order chi connectivity index (χ1) is 13.0. The maximum absolute atomic E-state index is 12.6. The summed E-state index contributed by atoms with van der Waals surface area (Å²) in [6.45, 7) is 3.05. The molecule has 0 bridgehead atoms. The molecule has 6 nitrogen and oxygen atoms in total. The van der Waals surface area contributed by atoms with Gasteiger partial charge in [-0.25, -0.2) is 4.79 Å². The minimum Gasteiger partial charge on any atom is -0.494 e. The first kappa shape index (κ1) is 20.3. The quantitative estimate of drug-likeness (QED) is 0.666. The van der Waals surface area contributed by atoms with Gasteiger partial charge in [-0.15, -0.1) is 0 Å². The Labute approximate surface area is 160 Å². The first-order valence-electron chi connectivity index (χ1n) is 9.00. The lowest BCUT2D eigenvalue weighted by Crippen LogP contribution is -2.38. The van der Waals surface area contributed by atoms with Crippen LogP contribution in [0.5, 0.6) is 5.75 Å². The first-order valence-corrected chi connectivity index (χ1v) is 9.00. The molecular weight excluding hydrogens is 342 g/mol. The van der Waals surface area contributed by atoms with E-state index < -0.39 is 12.1 Å². The van der Waals surface area contributed by atoms with Crippen LogP contribution in [-0.2, 0) is 4.79 Å². The van der Waals surface area contributed by atoms with Gasteiger partial charge in [-0.05, 0) is 36.6 Å². The van der Waals surface area contributed by atoms with E-state index in [0.29, 0.717) is 13.2 Å². The highest BCUT2D eigenvalue weighted by molar-refractivity contribution is 5.78. The van der Waals surface area contributed by atoms with Gasteiger partial charge < -0.3 is 20.7 Å². The second-order valence-electron chi connectivity index (χ2n) is 6.45. The Bertz CT molecular complexity index is 749. The van der Waals surface area contributed by atoms with Crippen molar-refractivity contribution in [1.82, 2.24) is 10.2 Å². The number of primary amides is 1. The van der Waals surface area contributed by atoms with Crippen molar-refractivity contribution >= 4 is 11.9 Å². The van der Waals surface area contributed by atoms with E-state index in [4.69, 9.17) is 10.5 Å². The molecule has 0 saturated carbocycles. The number of ether oxygens (including phenoxy) is 1. The molecule has 0 heterocycles. The number of carbonyl (C=O) groups excluding carboxylic acids is 2. The van der Waals surface area contributed by atoms with E-state index in [1.54, 1.807) is 11.9 Å². The predicted octanol–water partition coefficient (Wildman–Crippen LogP) is 3.02. The van der Waals surface area contributed by atoms with E-state index in [9.17, 15) is 9.59 Å². The molecule has 0 aromatic heterocycles.